The third kappa shape index (κ3) is 9.36. The van der Waals surface area contributed by atoms with E-state index in [0.717, 1.165) is 11.1 Å². The fourth-order valence-corrected chi connectivity index (χ4v) is 3.69. The van der Waals surface area contributed by atoms with Crippen molar-refractivity contribution in [2.45, 2.75) is 19.6 Å². The second-order valence-electron chi connectivity index (χ2n) is 9.01. The summed E-state index contributed by atoms with van der Waals surface area (Å²) in [7, 11) is 0. The first-order chi connectivity index (χ1) is 20.0. The van der Waals surface area contributed by atoms with Crippen LogP contribution in [-0.2, 0) is 21.0 Å². The van der Waals surface area contributed by atoms with E-state index in [-0.39, 0.29) is 18.6 Å². The molecule has 0 aromatic heterocycles. The van der Waals surface area contributed by atoms with Crippen LogP contribution in [0.15, 0.2) is 114 Å². The van der Waals surface area contributed by atoms with Crippen LogP contribution in [0.4, 0.5) is 5.69 Å². The van der Waals surface area contributed by atoms with Crippen molar-refractivity contribution in [1.29, 1.82) is 0 Å². The Hall–Kier alpha value is -5.44. The number of carbonyl (C=O) groups excluding carboxylic acids is 3. The Labute approximate surface area is 238 Å². The Morgan fingerprint density at radius 3 is 2.05 bits per heavy atom. The van der Waals surface area contributed by atoms with Crippen molar-refractivity contribution in [1.82, 2.24) is 10.7 Å². The van der Waals surface area contributed by atoms with Crippen LogP contribution in [0.1, 0.15) is 29.7 Å². The Bertz CT molecular complexity index is 1460. The number of hydrogen-bond acceptors (Lipinski definition) is 6. The molecule has 3 N–H and O–H groups in total. The summed E-state index contributed by atoms with van der Waals surface area (Å²) in [5.74, 6) is -0.867. The highest BCUT2D eigenvalue weighted by Crippen LogP contribution is 2.17. The number of ether oxygens (including phenoxy) is 2. The molecule has 208 valence electrons. The Balaban J connectivity index is 1.16. The number of nitrogens with one attached hydrogen (secondary N) is 3. The van der Waals surface area contributed by atoms with E-state index in [9.17, 15) is 14.4 Å². The predicted molar refractivity (Wildman–Crippen MR) is 157 cm³/mol. The number of carbonyl (C=O) groups is 3. The van der Waals surface area contributed by atoms with Crippen LogP contribution in [0, 0.1) is 0 Å². The van der Waals surface area contributed by atoms with Gasteiger partial charge < -0.3 is 20.1 Å². The van der Waals surface area contributed by atoms with Gasteiger partial charge in [-0.05, 0) is 72.1 Å². The molecule has 0 bridgehead atoms. The van der Waals surface area contributed by atoms with Crippen molar-refractivity contribution in [2.24, 2.45) is 5.10 Å². The van der Waals surface area contributed by atoms with E-state index in [1.54, 1.807) is 48.5 Å². The van der Waals surface area contributed by atoms with Crippen molar-refractivity contribution < 1.29 is 23.9 Å². The summed E-state index contributed by atoms with van der Waals surface area (Å²) in [6, 6.07) is 32.8. The van der Waals surface area contributed by atoms with Crippen molar-refractivity contribution in [3.63, 3.8) is 0 Å². The minimum absolute atomic E-state index is 0.126. The average molecular weight is 551 g/mol. The van der Waals surface area contributed by atoms with Crippen LogP contribution in [0.25, 0.3) is 0 Å². The molecule has 0 aliphatic rings. The molecule has 0 saturated carbocycles. The lowest BCUT2D eigenvalue weighted by molar-refractivity contribution is -0.136. The minimum atomic E-state index is -0.915. The maximum atomic E-state index is 12.2. The van der Waals surface area contributed by atoms with E-state index >= 15 is 0 Å². The topological polar surface area (TPSA) is 118 Å². The quantitative estimate of drug-likeness (QED) is 0.143. The zero-order chi connectivity index (χ0) is 28.9. The first kappa shape index (κ1) is 28.6. The number of hydrogen-bond donors (Lipinski definition) is 3. The van der Waals surface area contributed by atoms with Gasteiger partial charge in [-0.3, -0.25) is 14.4 Å². The number of amides is 3. The van der Waals surface area contributed by atoms with Crippen molar-refractivity contribution in [2.75, 3.05) is 11.9 Å². The molecule has 4 aromatic rings. The molecule has 0 heterocycles. The van der Waals surface area contributed by atoms with Gasteiger partial charge in [0.05, 0.1) is 12.3 Å². The number of anilines is 1. The SMILES string of the molecule is C[C@H](NC(=O)COc1ccc(/C=N\NC(=O)C(=O)Nc2ccc(OCc3ccccc3)cc2)cc1)c1ccccc1. The normalized spacial score (nSPS) is 11.3. The molecule has 4 rings (SSSR count). The highest BCUT2D eigenvalue weighted by atomic mass is 16.5. The molecular weight excluding hydrogens is 520 g/mol. The van der Waals surface area contributed by atoms with E-state index in [0.29, 0.717) is 29.4 Å². The van der Waals surface area contributed by atoms with E-state index in [4.69, 9.17) is 9.47 Å². The molecule has 0 radical (unpaired) electrons. The smallest absolute Gasteiger partial charge is 0.329 e. The summed E-state index contributed by atoms with van der Waals surface area (Å²) >= 11 is 0. The van der Waals surface area contributed by atoms with Crippen molar-refractivity contribution >= 4 is 29.6 Å². The van der Waals surface area contributed by atoms with Gasteiger partial charge in [0.1, 0.15) is 18.1 Å². The summed E-state index contributed by atoms with van der Waals surface area (Å²) < 4.78 is 11.3. The molecule has 1 atom stereocenters. The maximum Gasteiger partial charge on any atom is 0.329 e. The van der Waals surface area contributed by atoms with Crippen molar-refractivity contribution in [3.05, 3.63) is 126 Å². The van der Waals surface area contributed by atoms with Gasteiger partial charge >= 0.3 is 11.8 Å². The van der Waals surface area contributed by atoms with Gasteiger partial charge in [0.15, 0.2) is 6.61 Å². The molecule has 0 aliphatic carbocycles. The lowest BCUT2D eigenvalue weighted by Crippen LogP contribution is -2.32. The molecule has 3 amide bonds. The molecule has 4 aromatic carbocycles. The summed E-state index contributed by atoms with van der Waals surface area (Å²) in [6.07, 6.45) is 1.39. The lowest BCUT2D eigenvalue weighted by Gasteiger charge is -2.14. The van der Waals surface area contributed by atoms with E-state index in [1.165, 1.54) is 6.21 Å². The van der Waals surface area contributed by atoms with Crippen LogP contribution < -0.4 is 25.5 Å². The standard InChI is InChI=1S/C32H30N4O5/c1-23(26-10-6-3-7-11-26)34-30(37)22-41-28-16-12-24(13-17-28)20-33-36-32(39)31(38)35-27-14-18-29(19-15-27)40-21-25-8-4-2-5-9-25/h2-20,23H,21-22H2,1H3,(H,34,37)(H,35,38)(H,36,39)/b33-20-/t23-/m0/s1. The summed E-state index contributed by atoms with van der Waals surface area (Å²) in [5, 5.41) is 9.23. The number of benzene rings is 4. The molecule has 0 fully saturated rings. The molecule has 0 saturated heterocycles. The molecule has 9 nitrogen and oxygen atoms in total. The van der Waals surface area contributed by atoms with E-state index < -0.39 is 11.8 Å². The summed E-state index contributed by atoms with van der Waals surface area (Å²) in [5.41, 5.74) is 5.35. The third-order valence-corrected chi connectivity index (χ3v) is 5.87. The molecule has 0 unspecified atom stereocenters. The first-order valence-electron chi connectivity index (χ1n) is 12.9. The van der Waals surface area contributed by atoms with Gasteiger partial charge in [0.2, 0.25) is 0 Å². The average Bonchev–Trinajstić information content (AvgIpc) is 3.01. The second kappa shape index (κ2) is 14.6. The molecule has 9 heteroatoms. The number of hydrazone groups is 1. The van der Waals surface area contributed by atoms with E-state index in [2.05, 4.69) is 21.2 Å². The highest BCUT2D eigenvalue weighted by Gasteiger charge is 2.13. The van der Waals surface area contributed by atoms with Gasteiger partial charge in [-0.15, -0.1) is 0 Å². The molecule has 41 heavy (non-hydrogen) atoms. The Morgan fingerprint density at radius 2 is 1.37 bits per heavy atom. The van der Waals surface area contributed by atoms with Crippen LogP contribution in [0.3, 0.4) is 0 Å². The van der Waals surface area contributed by atoms with Gasteiger partial charge in [-0.25, -0.2) is 5.43 Å². The third-order valence-electron chi connectivity index (χ3n) is 5.87. The summed E-state index contributed by atoms with van der Waals surface area (Å²) in [4.78, 5) is 36.5. The molecular formula is C32H30N4O5. The van der Waals surface area contributed by atoms with Crippen LogP contribution >= 0.6 is 0 Å². The highest BCUT2D eigenvalue weighted by molar-refractivity contribution is 6.39. The van der Waals surface area contributed by atoms with E-state index in [1.807, 2.05) is 67.6 Å². The molecule has 0 aliphatic heterocycles. The van der Waals surface area contributed by atoms with Gasteiger partial charge in [-0.2, -0.15) is 5.10 Å². The van der Waals surface area contributed by atoms with Crippen LogP contribution in [-0.4, -0.2) is 30.5 Å². The minimum Gasteiger partial charge on any atom is -0.489 e. The summed E-state index contributed by atoms with van der Waals surface area (Å²) in [6.45, 7) is 2.21. The number of rotatable bonds is 11. The Kier molecular flexibility index (Phi) is 10.2. The second-order valence-corrected chi connectivity index (χ2v) is 9.01. The van der Waals surface area contributed by atoms with Gasteiger partial charge in [-0.1, -0.05) is 60.7 Å². The zero-order valence-corrected chi connectivity index (χ0v) is 22.4. The largest absolute Gasteiger partial charge is 0.489 e. The zero-order valence-electron chi connectivity index (χ0n) is 22.4. The lowest BCUT2D eigenvalue weighted by atomic mass is 10.1. The van der Waals surface area contributed by atoms with Gasteiger partial charge in [0, 0.05) is 5.69 Å². The predicted octanol–water partition coefficient (Wildman–Crippen LogP) is 4.61. The maximum absolute atomic E-state index is 12.2. The van der Waals surface area contributed by atoms with Crippen LogP contribution in [0.5, 0.6) is 11.5 Å². The first-order valence-corrected chi connectivity index (χ1v) is 12.9. The van der Waals surface area contributed by atoms with Crippen LogP contribution in [0.2, 0.25) is 0 Å². The number of nitrogens with zero attached hydrogens (tertiary/aromatic N) is 1. The monoisotopic (exact) mass is 550 g/mol. The molecule has 0 spiro atoms. The Morgan fingerprint density at radius 1 is 0.756 bits per heavy atom. The van der Waals surface area contributed by atoms with Crippen molar-refractivity contribution in [3.8, 4) is 11.5 Å². The van der Waals surface area contributed by atoms with Gasteiger partial charge in [0.25, 0.3) is 5.91 Å². The fraction of sp³-hybridized carbons (Fsp3) is 0.125. The fourth-order valence-electron chi connectivity index (χ4n) is 3.69.